The molecule has 0 aliphatic carbocycles. The summed E-state index contributed by atoms with van der Waals surface area (Å²) in [4.78, 5) is 5.19. The van der Waals surface area contributed by atoms with Crippen LogP contribution in [-0.4, -0.2) is 14.6 Å². The first-order valence-electron chi connectivity index (χ1n) is 6.38. The van der Waals surface area contributed by atoms with Crippen LogP contribution < -0.4 is 4.74 Å². The highest BCUT2D eigenvalue weighted by molar-refractivity contribution is 7.18. The summed E-state index contributed by atoms with van der Waals surface area (Å²) >= 11 is 7.62. The Morgan fingerprint density at radius 1 is 1.14 bits per heavy atom. The minimum Gasteiger partial charge on any atom is -0.429 e. The van der Waals surface area contributed by atoms with Crippen LogP contribution in [0, 0.1) is 6.92 Å². The molecule has 2 aromatic carbocycles. The zero-order valence-electron chi connectivity index (χ0n) is 11.1. The van der Waals surface area contributed by atoms with Crippen LogP contribution in [0.15, 0.2) is 42.6 Å². The predicted molar refractivity (Wildman–Crippen MR) is 84.6 cm³/mol. The number of aromatic nitrogens is 3. The van der Waals surface area contributed by atoms with Crippen LogP contribution >= 0.6 is 22.9 Å². The summed E-state index contributed by atoms with van der Waals surface area (Å²) in [7, 11) is 0. The van der Waals surface area contributed by atoms with Crippen molar-refractivity contribution < 1.29 is 4.74 Å². The number of rotatable bonds is 2. The molecular weight excluding hydrogens is 306 g/mol. The molecule has 2 aromatic heterocycles. The molecule has 4 aromatic rings. The summed E-state index contributed by atoms with van der Waals surface area (Å²) in [6.45, 7) is 1.94. The minimum atomic E-state index is 0.560. The van der Waals surface area contributed by atoms with Crippen LogP contribution in [0.1, 0.15) is 5.69 Å². The van der Waals surface area contributed by atoms with Gasteiger partial charge >= 0.3 is 0 Å². The zero-order chi connectivity index (χ0) is 14.4. The van der Waals surface area contributed by atoms with Crippen molar-refractivity contribution in [2.75, 3.05) is 0 Å². The second-order valence-corrected chi connectivity index (χ2v) is 6.00. The van der Waals surface area contributed by atoms with Crippen molar-refractivity contribution in [2.24, 2.45) is 0 Å². The van der Waals surface area contributed by atoms with E-state index in [-0.39, 0.29) is 0 Å². The molecular formula is C15H10ClN3OS. The number of imidazole rings is 1. The van der Waals surface area contributed by atoms with E-state index in [2.05, 4.69) is 10.1 Å². The van der Waals surface area contributed by atoms with Gasteiger partial charge in [0.2, 0.25) is 4.96 Å². The van der Waals surface area contributed by atoms with Crippen LogP contribution in [0.25, 0.3) is 15.7 Å². The molecule has 0 aliphatic heterocycles. The average molecular weight is 316 g/mol. The molecule has 0 radical (unpaired) electrons. The summed E-state index contributed by atoms with van der Waals surface area (Å²) in [5.41, 5.74) is 0.942. The van der Waals surface area contributed by atoms with E-state index in [0.29, 0.717) is 10.2 Å². The van der Waals surface area contributed by atoms with E-state index in [9.17, 15) is 0 Å². The van der Waals surface area contributed by atoms with Gasteiger partial charge in [0.1, 0.15) is 5.75 Å². The number of halogens is 1. The smallest absolute Gasteiger partial charge is 0.299 e. The molecule has 0 aliphatic rings. The summed E-state index contributed by atoms with van der Waals surface area (Å²) in [5, 5.41) is 7.58. The van der Waals surface area contributed by atoms with Gasteiger partial charge in [-0.1, -0.05) is 35.9 Å². The standard InChI is InChI=1S/C15H10ClN3OS/c1-9-8-19-14(17-9)21-15(18-19)20-13-7-6-12(16)10-4-2-3-5-11(10)13/h2-8H,1H3. The van der Waals surface area contributed by atoms with Crippen LogP contribution in [0.5, 0.6) is 10.9 Å². The van der Waals surface area contributed by atoms with Gasteiger partial charge in [0, 0.05) is 15.8 Å². The monoisotopic (exact) mass is 315 g/mol. The van der Waals surface area contributed by atoms with Crippen LogP contribution in [0.2, 0.25) is 5.02 Å². The van der Waals surface area contributed by atoms with Gasteiger partial charge in [-0.05, 0) is 30.4 Å². The summed E-state index contributed by atoms with van der Waals surface area (Å²) in [6, 6.07) is 11.6. The Morgan fingerprint density at radius 2 is 1.95 bits per heavy atom. The number of fused-ring (bicyclic) bond motifs is 2. The highest BCUT2D eigenvalue weighted by Crippen LogP contribution is 2.35. The number of hydrogen-bond acceptors (Lipinski definition) is 4. The van der Waals surface area contributed by atoms with Gasteiger partial charge < -0.3 is 4.74 Å². The van der Waals surface area contributed by atoms with E-state index in [1.165, 1.54) is 11.3 Å². The van der Waals surface area contributed by atoms with Crippen LogP contribution in [0.4, 0.5) is 0 Å². The van der Waals surface area contributed by atoms with Crippen molar-refractivity contribution >= 4 is 38.7 Å². The Labute approximate surface area is 129 Å². The molecule has 0 saturated carbocycles. The first-order chi connectivity index (χ1) is 10.2. The van der Waals surface area contributed by atoms with Crippen molar-refractivity contribution in [1.29, 1.82) is 0 Å². The Hall–Kier alpha value is -2.11. The van der Waals surface area contributed by atoms with E-state index >= 15 is 0 Å². The molecule has 0 N–H and O–H groups in total. The number of benzene rings is 2. The van der Waals surface area contributed by atoms with Crippen molar-refractivity contribution in [1.82, 2.24) is 14.6 Å². The molecule has 0 unspecified atom stereocenters. The lowest BCUT2D eigenvalue weighted by Crippen LogP contribution is -1.87. The number of aryl methyl sites for hydroxylation is 1. The third kappa shape index (κ3) is 2.14. The Kier molecular flexibility index (Phi) is 2.83. The summed E-state index contributed by atoms with van der Waals surface area (Å²) in [6.07, 6.45) is 1.87. The highest BCUT2D eigenvalue weighted by Gasteiger charge is 2.11. The molecule has 6 heteroatoms. The maximum absolute atomic E-state index is 6.21. The largest absolute Gasteiger partial charge is 0.429 e. The Morgan fingerprint density at radius 3 is 2.76 bits per heavy atom. The van der Waals surface area contributed by atoms with Crippen molar-refractivity contribution in [3.8, 4) is 10.9 Å². The molecule has 104 valence electrons. The van der Waals surface area contributed by atoms with Crippen LogP contribution in [0.3, 0.4) is 0 Å². The molecule has 0 spiro atoms. The molecule has 21 heavy (non-hydrogen) atoms. The topological polar surface area (TPSA) is 39.4 Å². The Balaban J connectivity index is 1.79. The number of ether oxygens (including phenoxy) is 1. The van der Waals surface area contributed by atoms with E-state index < -0.39 is 0 Å². The molecule has 0 saturated heterocycles. The third-order valence-electron chi connectivity index (χ3n) is 3.17. The molecule has 4 rings (SSSR count). The van der Waals surface area contributed by atoms with Gasteiger partial charge in [0.15, 0.2) is 0 Å². The summed E-state index contributed by atoms with van der Waals surface area (Å²) < 4.78 is 7.65. The van der Waals surface area contributed by atoms with Gasteiger partial charge in [0.25, 0.3) is 5.19 Å². The van der Waals surface area contributed by atoms with Crippen molar-refractivity contribution in [3.05, 3.63) is 53.3 Å². The van der Waals surface area contributed by atoms with E-state index in [1.807, 2.05) is 49.5 Å². The van der Waals surface area contributed by atoms with E-state index in [4.69, 9.17) is 16.3 Å². The van der Waals surface area contributed by atoms with Gasteiger partial charge in [-0.15, -0.1) is 5.10 Å². The second-order valence-electron chi connectivity index (χ2n) is 4.67. The van der Waals surface area contributed by atoms with E-state index in [1.54, 1.807) is 4.52 Å². The van der Waals surface area contributed by atoms with E-state index in [0.717, 1.165) is 27.2 Å². The van der Waals surface area contributed by atoms with Gasteiger partial charge in [0.05, 0.1) is 11.9 Å². The van der Waals surface area contributed by atoms with Gasteiger partial charge in [-0.3, -0.25) is 0 Å². The first kappa shape index (κ1) is 12.6. The summed E-state index contributed by atoms with van der Waals surface area (Å²) in [5.74, 6) is 0.740. The Bertz CT molecular complexity index is 929. The normalized spacial score (nSPS) is 11.3. The molecule has 0 fully saturated rings. The fourth-order valence-electron chi connectivity index (χ4n) is 2.25. The number of nitrogens with zero attached hydrogens (tertiary/aromatic N) is 3. The fraction of sp³-hybridized carbons (Fsp3) is 0.0667. The average Bonchev–Trinajstić information content (AvgIpc) is 2.99. The lowest BCUT2D eigenvalue weighted by atomic mass is 10.1. The fourth-order valence-corrected chi connectivity index (χ4v) is 3.27. The predicted octanol–water partition coefficient (Wildman–Crippen LogP) is 4.70. The SMILES string of the molecule is Cc1cn2nc(Oc3ccc(Cl)c4ccccc34)sc2n1. The van der Waals surface area contributed by atoms with Crippen LogP contribution in [-0.2, 0) is 0 Å². The van der Waals surface area contributed by atoms with Gasteiger partial charge in [-0.25, -0.2) is 9.50 Å². The zero-order valence-corrected chi connectivity index (χ0v) is 12.6. The maximum atomic E-state index is 6.21. The first-order valence-corrected chi connectivity index (χ1v) is 7.58. The second kappa shape index (κ2) is 4.72. The maximum Gasteiger partial charge on any atom is 0.299 e. The quantitative estimate of drug-likeness (QED) is 0.538. The molecule has 0 amide bonds. The minimum absolute atomic E-state index is 0.560. The van der Waals surface area contributed by atoms with Gasteiger partial charge in [-0.2, -0.15) is 0 Å². The number of hydrogen-bond donors (Lipinski definition) is 0. The van der Waals surface area contributed by atoms with Crippen molar-refractivity contribution in [2.45, 2.75) is 6.92 Å². The highest BCUT2D eigenvalue weighted by atomic mass is 35.5. The lowest BCUT2D eigenvalue weighted by molar-refractivity contribution is 0.476. The molecule has 4 nitrogen and oxygen atoms in total. The third-order valence-corrected chi connectivity index (χ3v) is 4.30. The molecule has 0 atom stereocenters. The molecule has 0 bridgehead atoms. The lowest BCUT2D eigenvalue weighted by Gasteiger charge is -2.07. The van der Waals surface area contributed by atoms with Crippen molar-refractivity contribution in [3.63, 3.8) is 0 Å². The molecule has 2 heterocycles.